The van der Waals surface area contributed by atoms with E-state index < -0.39 is 0 Å². The van der Waals surface area contributed by atoms with E-state index in [0.717, 1.165) is 35.6 Å². The second kappa shape index (κ2) is 12.5. The lowest BCUT2D eigenvalue weighted by atomic mass is 10.0. The zero-order valence-corrected chi connectivity index (χ0v) is 29.7. The van der Waals surface area contributed by atoms with E-state index >= 15 is 0 Å². The van der Waals surface area contributed by atoms with Gasteiger partial charge in [-0.1, -0.05) is 133 Å². The second-order valence-corrected chi connectivity index (χ2v) is 14.4. The van der Waals surface area contributed by atoms with E-state index in [4.69, 9.17) is 4.99 Å². The predicted molar refractivity (Wildman–Crippen MR) is 223 cm³/mol. The third kappa shape index (κ3) is 4.95. The van der Waals surface area contributed by atoms with Gasteiger partial charge in [0, 0.05) is 27.2 Å². The average molecular weight is 699 g/mol. The van der Waals surface area contributed by atoms with Gasteiger partial charge in [0.1, 0.15) is 24.3 Å². The highest BCUT2D eigenvalue weighted by Gasteiger charge is 2.30. The van der Waals surface area contributed by atoms with Gasteiger partial charge in [-0.05, 0) is 71.1 Å². The minimum Gasteiger partial charge on any atom is -0.362 e. The maximum Gasteiger partial charge on any atom is 0.147 e. The Hall–Kier alpha value is -6.63. The number of aliphatic imine (C=N–C) groups is 1. The summed E-state index contributed by atoms with van der Waals surface area (Å²) in [5.41, 5.74) is 9.40. The zero-order valence-electron chi connectivity index (χ0n) is 29.7. The smallest absolute Gasteiger partial charge is 0.147 e. The summed E-state index contributed by atoms with van der Waals surface area (Å²) in [5, 5.41) is 19.2. The molecule has 3 N–H and O–H groups in total. The Balaban J connectivity index is 1.04. The Morgan fingerprint density at radius 3 is 2.04 bits per heavy atom. The van der Waals surface area contributed by atoms with Gasteiger partial charge in [0.15, 0.2) is 0 Å². The molecule has 11 rings (SSSR count). The van der Waals surface area contributed by atoms with E-state index in [9.17, 15) is 0 Å². The van der Waals surface area contributed by atoms with Crippen molar-refractivity contribution in [1.82, 2.24) is 25.1 Å². The molecule has 2 aliphatic rings. The number of nitrogens with one attached hydrogen (secondary N) is 3. The third-order valence-corrected chi connectivity index (χ3v) is 11.3. The molecule has 3 unspecified atom stereocenters. The first-order chi connectivity index (χ1) is 26.8. The van der Waals surface area contributed by atoms with Crippen LogP contribution in [0.1, 0.15) is 42.5 Å². The molecule has 0 saturated heterocycles. The summed E-state index contributed by atoms with van der Waals surface area (Å²) in [6, 6.07) is 58.9. The number of amidine groups is 1. The van der Waals surface area contributed by atoms with Crippen LogP contribution in [-0.2, 0) is 0 Å². The van der Waals surface area contributed by atoms with Gasteiger partial charge in [-0.15, -0.1) is 0 Å². The summed E-state index contributed by atoms with van der Waals surface area (Å²) >= 11 is 0. The van der Waals surface area contributed by atoms with Crippen LogP contribution in [0, 0.1) is 0 Å². The molecule has 0 fully saturated rings. The topological polar surface area (TPSA) is 58.3 Å². The van der Waals surface area contributed by atoms with Crippen molar-refractivity contribution in [3.8, 4) is 5.69 Å². The number of fused-ring (bicyclic) bond motifs is 7. The number of nitrogens with zero attached hydrogens (tertiary/aromatic N) is 3. The molecule has 0 radical (unpaired) electrons. The quantitative estimate of drug-likeness (QED) is 0.168. The van der Waals surface area contributed by atoms with Crippen LogP contribution in [0.15, 0.2) is 181 Å². The summed E-state index contributed by atoms with van der Waals surface area (Å²) in [5.74, 6) is 0.873. The van der Waals surface area contributed by atoms with Gasteiger partial charge in [-0.3, -0.25) is 5.32 Å². The number of hydrogen-bond donors (Lipinski definition) is 3. The van der Waals surface area contributed by atoms with Crippen LogP contribution >= 0.6 is 0 Å². The molecule has 0 aliphatic carbocycles. The normalized spacial score (nSPS) is 18.9. The number of para-hydroxylation sites is 3. The summed E-state index contributed by atoms with van der Waals surface area (Å²) in [6.07, 6.45) is 3.86. The molecule has 3 atom stereocenters. The molecule has 0 spiro atoms. The van der Waals surface area contributed by atoms with Crippen molar-refractivity contribution in [1.29, 1.82) is 0 Å². The molecule has 9 aromatic rings. The number of hydrogen-bond acceptors (Lipinski definition) is 4. The van der Waals surface area contributed by atoms with Gasteiger partial charge < -0.3 is 19.8 Å². The van der Waals surface area contributed by atoms with Gasteiger partial charge in [0.25, 0.3) is 0 Å². The van der Waals surface area contributed by atoms with E-state index in [0.29, 0.717) is 0 Å². The third-order valence-electron chi connectivity index (χ3n) is 11.3. The van der Waals surface area contributed by atoms with Crippen molar-refractivity contribution in [3.05, 3.63) is 187 Å². The maximum absolute atomic E-state index is 5.33. The fraction of sp³-hybridized carbons (Fsp3) is 0.104. The molecular weight excluding hydrogens is 661 g/mol. The lowest BCUT2D eigenvalue weighted by molar-refractivity contribution is 0.396. The number of allylic oxidation sites excluding steroid dienone is 1. The van der Waals surface area contributed by atoms with Crippen molar-refractivity contribution in [3.63, 3.8) is 0 Å². The second-order valence-electron chi connectivity index (χ2n) is 14.4. The molecule has 2 aliphatic heterocycles. The minimum atomic E-state index is -0.212. The Morgan fingerprint density at radius 1 is 0.537 bits per heavy atom. The molecule has 0 bridgehead atoms. The molecule has 6 heteroatoms. The van der Waals surface area contributed by atoms with Gasteiger partial charge >= 0.3 is 0 Å². The molecule has 6 nitrogen and oxygen atoms in total. The van der Waals surface area contributed by atoms with E-state index in [1.807, 2.05) is 0 Å². The fourth-order valence-electron chi connectivity index (χ4n) is 8.87. The van der Waals surface area contributed by atoms with Crippen LogP contribution in [0.25, 0.3) is 60.1 Å². The Morgan fingerprint density at radius 2 is 1.20 bits per heavy atom. The first-order valence-corrected chi connectivity index (χ1v) is 18.9. The maximum atomic E-state index is 5.33. The van der Waals surface area contributed by atoms with Crippen molar-refractivity contribution >= 4 is 60.2 Å². The number of aromatic nitrogens is 2. The molecule has 260 valence electrons. The molecular formula is C48H38N6. The van der Waals surface area contributed by atoms with Crippen molar-refractivity contribution in [2.24, 2.45) is 4.99 Å². The molecule has 54 heavy (non-hydrogen) atoms. The van der Waals surface area contributed by atoms with E-state index in [1.54, 1.807) is 0 Å². The van der Waals surface area contributed by atoms with Gasteiger partial charge in [-0.2, -0.15) is 0 Å². The van der Waals surface area contributed by atoms with Crippen LogP contribution in [0.3, 0.4) is 0 Å². The first kappa shape index (κ1) is 30.9. The highest BCUT2D eigenvalue weighted by Crippen LogP contribution is 2.40. The van der Waals surface area contributed by atoms with Crippen molar-refractivity contribution < 1.29 is 0 Å². The predicted octanol–water partition coefficient (Wildman–Crippen LogP) is 10.8. The largest absolute Gasteiger partial charge is 0.362 e. The summed E-state index contributed by atoms with van der Waals surface area (Å²) in [6.45, 7) is 0. The molecule has 0 saturated carbocycles. The SMILES string of the molecule is C1=C(C2=NC(c3ccccc3)NC(c3cccc4ccccc34)N2)NC(n2c3ccccc3c3cc4c5ccccc5n(-c5ccccc5)c4cc32)CC1. The van der Waals surface area contributed by atoms with Crippen molar-refractivity contribution in [2.75, 3.05) is 0 Å². The van der Waals surface area contributed by atoms with Crippen LogP contribution in [0.5, 0.6) is 0 Å². The molecule has 0 amide bonds. The number of benzene rings is 7. The Labute approximate surface area is 313 Å². The standard InChI is InChI=1S/C48H38N6/c1-3-16-32(17-4-1)46-50-47(37-24-13-18-31-15-7-8-21-34(31)37)52-48(51-46)40-25-14-28-45(49-40)54-42-27-12-10-23-36(42)39-29-38-35-22-9-11-26-41(35)53(43(38)30-44(39)54)33-19-5-2-6-20-33/h1-13,15-27,29-30,45-47,49-50H,14,28H2,(H,51,52). The lowest BCUT2D eigenvalue weighted by Crippen LogP contribution is -2.48. The summed E-state index contributed by atoms with van der Waals surface area (Å²) in [4.78, 5) is 5.33. The van der Waals surface area contributed by atoms with Crippen LogP contribution < -0.4 is 16.0 Å². The van der Waals surface area contributed by atoms with Gasteiger partial charge in [0.05, 0.1) is 27.8 Å². The molecule has 4 heterocycles. The first-order valence-electron chi connectivity index (χ1n) is 18.9. The minimum absolute atomic E-state index is 0.0185. The Bertz CT molecular complexity index is 2930. The van der Waals surface area contributed by atoms with Gasteiger partial charge in [-0.25, -0.2) is 4.99 Å². The van der Waals surface area contributed by atoms with Crippen LogP contribution in [0.2, 0.25) is 0 Å². The van der Waals surface area contributed by atoms with Crippen LogP contribution in [-0.4, -0.2) is 15.0 Å². The van der Waals surface area contributed by atoms with Crippen molar-refractivity contribution in [2.45, 2.75) is 31.3 Å². The summed E-state index contributed by atoms with van der Waals surface area (Å²) in [7, 11) is 0. The molecule has 2 aromatic heterocycles. The van der Waals surface area contributed by atoms with Gasteiger partial charge in [0.2, 0.25) is 0 Å². The highest BCUT2D eigenvalue weighted by atomic mass is 15.3. The highest BCUT2D eigenvalue weighted by molar-refractivity contribution is 6.18. The average Bonchev–Trinajstić information content (AvgIpc) is 3.75. The zero-order chi connectivity index (χ0) is 35.6. The number of rotatable bonds is 5. The monoisotopic (exact) mass is 698 g/mol. The summed E-state index contributed by atoms with van der Waals surface area (Å²) < 4.78 is 4.94. The van der Waals surface area contributed by atoms with E-state index in [1.165, 1.54) is 59.9 Å². The van der Waals surface area contributed by atoms with E-state index in [2.05, 4.69) is 195 Å². The van der Waals surface area contributed by atoms with Crippen LogP contribution in [0.4, 0.5) is 0 Å². The van der Waals surface area contributed by atoms with E-state index in [-0.39, 0.29) is 18.5 Å². The lowest BCUT2D eigenvalue weighted by Gasteiger charge is -2.36. The molecule has 7 aromatic carbocycles. The fourth-order valence-corrected chi connectivity index (χ4v) is 8.87. The Kier molecular flexibility index (Phi) is 7.17.